The topological polar surface area (TPSA) is 209 Å². The molecule has 4 atom stereocenters. The summed E-state index contributed by atoms with van der Waals surface area (Å²) in [6.45, 7) is -0.00737. The molecule has 37 heavy (non-hydrogen) atoms. The predicted molar refractivity (Wildman–Crippen MR) is 126 cm³/mol. The molecule has 1 aliphatic heterocycles. The SMILES string of the molecule is N[C@H](CCOc1ccc(C(NC=O)C(=O)N[C@H]2CN([C@@H](C(=O)O)c3ccc(O)cc3)C2=O)cc1)C(=O)O. The molecule has 0 aromatic heterocycles. The number of carboxylic acids is 2. The van der Waals surface area contributed by atoms with Crippen LogP contribution in [0.3, 0.4) is 0 Å². The van der Waals surface area contributed by atoms with E-state index in [1.807, 2.05) is 0 Å². The normalized spacial score (nSPS) is 17.1. The molecule has 1 saturated heterocycles. The van der Waals surface area contributed by atoms with Crippen LogP contribution in [0, 0.1) is 0 Å². The van der Waals surface area contributed by atoms with E-state index in [4.69, 9.17) is 15.6 Å². The minimum Gasteiger partial charge on any atom is -0.508 e. The molecule has 0 radical (unpaired) electrons. The van der Waals surface area contributed by atoms with Crippen LogP contribution in [0.4, 0.5) is 0 Å². The Hall–Kier alpha value is -4.65. The highest BCUT2D eigenvalue weighted by Crippen LogP contribution is 2.29. The summed E-state index contributed by atoms with van der Waals surface area (Å²) in [5, 5.41) is 32.7. The van der Waals surface area contributed by atoms with E-state index >= 15 is 0 Å². The van der Waals surface area contributed by atoms with Crippen molar-refractivity contribution in [2.45, 2.75) is 30.6 Å². The largest absolute Gasteiger partial charge is 0.508 e. The summed E-state index contributed by atoms with van der Waals surface area (Å²) in [6.07, 6.45) is 0.429. The van der Waals surface area contributed by atoms with Gasteiger partial charge in [-0.1, -0.05) is 24.3 Å². The molecular weight excluding hydrogens is 488 g/mol. The Bertz CT molecular complexity index is 1150. The van der Waals surface area contributed by atoms with Crippen molar-refractivity contribution < 1.29 is 44.0 Å². The minimum absolute atomic E-state index is 0.0522. The molecule has 2 aromatic carbocycles. The van der Waals surface area contributed by atoms with Gasteiger partial charge in [-0.2, -0.15) is 0 Å². The number of phenols is 1. The first kappa shape index (κ1) is 26.9. The van der Waals surface area contributed by atoms with Crippen LogP contribution in [-0.2, 0) is 24.0 Å². The standard InChI is InChI=1S/C24H26N4O9/c25-17(23(33)34)9-10-37-16-7-3-13(4-8-16)19(26-12-29)21(31)27-18-11-28(22(18)32)20(24(35)36)14-1-5-15(30)6-2-14/h1-8,12,17-20,30H,9-11,25H2,(H,26,29)(H,27,31)(H,33,34)(H,35,36)/t17-,18+,19?,20-/m1/s1. The lowest BCUT2D eigenvalue weighted by Gasteiger charge is -2.42. The number of hydrogen-bond donors (Lipinski definition) is 6. The number of carbonyl (C=O) groups is 5. The number of aromatic hydroxyl groups is 1. The van der Waals surface area contributed by atoms with Gasteiger partial charge in [0.1, 0.15) is 29.6 Å². The van der Waals surface area contributed by atoms with E-state index in [2.05, 4.69) is 10.6 Å². The number of ether oxygens (including phenoxy) is 1. The summed E-state index contributed by atoms with van der Waals surface area (Å²) in [7, 11) is 0. The van der Waals surface area contributed by atoms with Crippen LogP contribution in [0.15, 0.2) is 48.5 Å². The van der Waals surface area contributed by atoms with Gasteiger partial charge in [0.2, 0.25) is 18.2 Å². The van der Waals surface area contributed by atoms with Crippen LogP contribution in [-0.4, -0.2) is 75.6 Å². The van der Waals surface area contributed by atoms with E-state index in [0.717, 1.165) is 4.90 Å². The van der Waals surface area contributed by atoms with Crippen LogP contribution in [0.5, 0.6) is 11.5 Å². The highest BCUT2D eigenvalue weighted by molar-refractivity contribution is 5.97. The third-order valence-corrected chi connectivity index (χ3v) is 5.76. The monoisotopic (exact) mass is 514 g/mol. The Labute approximate surface area is 210 Å². The molecule has 196 valence electrons. The number of phenolic OH excluding ortho intramolecular Hbond substituents is 1. The first-order valence-corrected chi connectivity index (χ1v) is 11.2. The second kappa shape index (κ2) is 11.9. The Morgan fingerprint density at radius 3 is 2.22 bits per heavy atom. The Morgan fingerprint density at radius 2 is 1.68 bits per heavy atom. The summed E-state index contributed by atoms with van der Waals surface area (Å²) in [4.78, 5) is 60.3. The molecule has 3 amide bonds. The van der Waals surface area contributed by atoms with E-state index in [1.165, 1.54) is 48.5 Å². The molecule has 1 heterocycles. The lowest BCUT2D eigenvalue weighted by Crippen LogP contribution is -2.66. The molecule has 13 heteroatoms. The van der Waals surface area contributed by atoms with Gasteiger partial charge in [0, 0.05) is 6.42 Å². The first-order valence-electron chi connectivity index (χ1n) is 11.2. The van der Waals surface area contributed by atoms with Gasteiger partial charge in [-0.15, -0.1) is 0 Å². The van der Waals surface area contributed by atoms with Crippen LogP contribution in [0.1, 0.15) is 29.6 Å². The van der Waals surface area contributed by atoms with E-state index in [9.17, 15) is 34.2 Å². The smallest absolute Gasteiger partial charge is 0.331 e. The zero-order valence-electron chi connectivity index (χ0n) is 19.4. The first-order chi connectivity index (χ1) is 17.6. The Kier molecular flexibility index (Phi) is 8.64. The average molecular weight is 514 g/mol. The van der Waals surface area contributed by atoms with E-state index in [0.29, 0.717) is 17.7 Å². The predicted octanol–water partition coefficient (Wildman–Crippen LogP) is -0.487. The number of rotatable bonds is 13. The highest BCUT2D eigenvalue weighted by atomic mass is 16.5. The fourth-order valence-electron chi connectivity index (χ4n) is 3.74. The van der Waals surface area contributed by atoms with Crippen LogP contribution in [0.2, 0.25) is 0 Å². The van der Waals surface area contributed by atoms with Gasteiger partial charge in [0.15, 0.2) is 6.04 Å². The zero-order valence-corrected chi connectivity index (χ0v) is 19.4. The quantitative estimate of drug-likeness (QED) is 0.149. The van der Waals surface area contributed by atoms with Crippen molar-refractivity contribution in [3.63, 3.8) is 0 Å². The molecule has 0 spiro atoms. The molecule has 0 bridgehead atoms. The molecule has 3 rings (SSSR count). The molecule has 1 aliphatic rings. The third kappa shape index (κ3) is 6.52. The summed E-state index contributed by atoms with van der Waals surface area (Å²) < 4.78 is 5.44. The fraction of sp³-hybridized carbons (Fsp3) is 0.292. The maximum Gasteiger partial charge on any atom is 0.331 e. The van der Waals surface area contributed by atoms with Crippen molar-refractivity contribution in [2.75, 3.05) is 13.2 Å². The third-order valence-electron chi connectivity index (χ3n) is 5.76. The fourth-order valence-corrected chi connectivity index (χ4v) is 3.74. The van der Waals surface area contributed by atoms with Gasteiger partial charge < -0.3 is 41.3 Å². The number of likely N-dealkylation sites (tertiary alicyclic amines) is 1. The number of β-lactam (4-membered cyclic amide) rings is 1. The van der Waals surface area contributed by atoms with Gasteiger partial charge >= 0.3 is 11.9 Å². The molecule has 13 nitrogen and oxygen atoms in total. The summed E-state index contributed by atoms with van der Waals surface area (Å²) in [6, 6.07) is 7.04. The van der Waals surface area contributed by atoms with Crippen molar-refractivity contribution in [3.05, 3.63) is 59.7 Å². The van der Waals surface area contributed by atoms with Crippen LogP contribution >= 0.6 is 0 Å². The summed E-state index contributed by atoms with van der Waals surface area (Å²) in [5.41, 5.74) is 6.09. The molecule has 2 aromatic rings. The van der Waals surface area contributed by atoms with Gasteiger partial charge in [-0.05, 0) is 35.4 Å². The van der Waals surface area contributed by atoms with Gasteiger partial charge in [-0.25, -0.2) is 4.79 Å². The number of carbonyl (C=O) groups excluding carboxylic acids is 3. The van der Waals surface area contributed by atoms with Crippen molar-refractivity contribution in [1.82, 2.24) is 15.5 Å². The van der Waals surface area contributed by atoms with E-state index < -0.39 is 47.9 Å². The minimum atomic E-state index is -1.29. The second-order valence-corrected chi connectivity index (χ2v) is 8.25. The van der Waals surface area contributed by atoms with Gasteiger partial charge in [0.25, 0.3) is 0 Å². The molecule has 0 saturated carbocycles. The Morgan fingerprint density at radius 1 is 1.05 bits per heavy atom. The van der Waals surface area contributed by atoms with Crippen molar-refractivity contribution >= 4 is 30.2 Å². The van der Waals surface area contributed by atoms with Crippen LogP contribution in [0.25, 0.3) is 0 Å². The number of amides is 3. The second-order valence-electron chi connectivity index (χ2n) is 8.25. The lowest BCUT2D eigenvalue weighted by atomic mass is 9.97. The van der Waals surface area contributed by atoms with Gasteiger partial charge in [-0.3, -0.25) is 19.2 Å². The number of benzene rings is 2. The highest BCUT2D eigenvalue weighted by Gasteiger charge is 2.45. The molecular formula is C24H26N4O9. The number of carboxylic acid groups (broad SMARTS) is 2. The maximum atomic E-state index is 12.8. The summed E-state index contributed by atoms with van der Waals surface area (Å²) >= 11 is 0. The van der Waals surface area contributed by atoms with Crippen molar-refractivity contribution in [1.29, 1.82) is 0 Å². The molecule has 7 N–H and O–H groups in total. The number of aliphatic carboxylic acids is 2. The van der Waals surface area contributed by atoms with Gasteiger partial charge in [0.05, 0.1) is 13.2 Å². The molecule has 1 fully saturated rings. The maximum absolute atomic E-state index is 12.8. The summed E-state index contributed by atoms with van der Waals surface area (Å²) in [5.74, 6) is -3.35. The number of nitrogens with one attached hydrogen (secondary N) is 2. The Balaban J connectivity index is 1.61. The van der Waals surface area contributed by atoms with E-state index in [1.54, 1.807) is 0 Å². The lowest BCUT2D eigenvalue weighted by molar-refractivity contribution is -0.160. The zero-order chi connectivity index (χ0) is 27.1. The van der Waals surface area contributed by atoms with E-state index in [-0.39, 0.29) is 30.9 Å². The number of nitrogens with two attached hydrogens (primary N) is 1. The molecule has 0 aliphatic carbocycles. The number of hydrogen-bond acceptors (Lipinski definition) is 8. The number of nitrogens with zero attached hydrogens (tertiary/aromatic N) is 1. The molecule has 1 unspecified atom stereocenters. The van der Waals surface area contributed by atoms with Crippen LogP contribution < -0.4 is 21.1 Å². The van der Waals surface area contributed by atoms with Crippen molar-refractivity contribution in [3.8, 4) is 11.5 Å². The van der Waals surface area contributed by atoms with Crippen molar-refractivity contribution in [2.24, 2.45) is 5.73 Å². The average Bonchev–Trinajstić information content (AvgIpc) is 2.87.